The summed E-state index contributed by atoms with van der Waals surface area (Å²) in [7, 11) is 1.19. The van der Waals surface area contributed by atoms with Gasteiger partial charge in [0.15, 0.2) is 0 Å². The number of Topliss-reactive ketones (excluding diaryl/α,β-unsaturated/α-hetero) is 2. The van der Waals surface area contributed by atoms with Crippen LogP contribution in [0.5, 0.6) is 0 Å². The fraction of sp³-hybridized carbons (Fsp3) is 0.737. The van der Waals surface area contributed by atoms with E-state index in [-0.39, 0.29) is 37.2 Å². The Kier molecular flexibility index (Phi) is 6.73. The predicted octanol–water partition coefficient (Wildman–Crippen LogP) is 1.55. The molecule has 0 spiro atoms. The number of methoxy groups -OCH3 is 1. The number of carbonyl (C=O) groups excluding carboxylic acids is 3. The molecule has 8 nitrogen and oxygen atoms in total. The molecule has 2 N–H and O–H groups in total. The lowest BCUT2D eigenvalue weighted by atomic mass is 9.66. The predicted molar refractivity (Wildman–Crippen MR) is 91.6 cm³/mol. The van der Waals surface area contributed by atoms with Crippen LogP contribution >= 0.6 is 0 Å². The van der Waals surface area contributed by atoms with Gasteiger partial charge >= 0.3 is 17.9 Å². The van der Waals surface area contributed by atoms with Crippen molar-refractivity contribution in [3.63, 3.8) is 0 Å². The first kappa shape index (κ1) is 21.1. The van der Waals surface area contributed by atoms with Gasteiger partial charge in [0.1, 0.15) is 11.6 Å². The van der Waals surface area contributed by atoms with Gasteiger partial charge in [0.2, 0.25) is 0 Å². The highest BCUT2D eigenvalue weighted by Crippen LogP contribution is 2.41. The average Bonchev–Trinajstić information content (AvgIpc) is 2.65. The maximum atomic E-state index is 13.0. The first-order valence-electron chi connectivity index (χ1n) is 9.24. The van der Waals surface area contributed by atoms with Gasteiger partial charge in [-0.2, -0.15) is 0 Å². The Morgan fingerprint density at radius 1 is 0.741 bits per heavy atom. The molecule has 0 saturated heterocycles. The van der Waals surface area contributed by atoms with Gasteiger partial charge in [-0.1, -0.05) is 0 Å². The Morgan fingerprint density at radius 3 is 1.59 bits per heavy atom. The molecule has 0 aromatic heterocycles. The summed E-state index contributed by atoms with van der Waals surface area (Å²) in [5, 5.41) is 18.6. The summed E-state index contributed by atoms with van der Waals surface area (Å²) in [6.07, 6.45) is 1.56. The molecule has 27 heavy (non-hydrogen) atoms. The molecule has 0 aromatic carbocycles. The standard InChI is InChI=1S/C19H26O8/c1-9(20)14-7-10(3-5-12(14)17(22)23)16(21)11-4-6-13(18(24)25)15(8-11)19(26)27-2/h10-15H,3-8H2,1-2H3,(H,22,23)(H,24,25). The molecule has 0 amide bonds. The Labute approximate surface area is 157 Å². The number of hydrogen-bond acceptors (Lipinski definition) is 6. The van der Waals surface area contributed by atoms with Crippen molar-refractivity contribution in [3.05, 3.63) is 0 Å². The van der Waals surface area contributed by atoms with Crippen molar-refractivity contribution in [2.45, 2.75) is 45.4 Å². The largest absolute Gasteiger partial charge is 0.481 e. The van der Waals surface area contributed by atoms with Crippen LogP contribution in [0.1, 0.15) is 45.4 Å². The monoisotopic (exact) mass is 382 g/mol. The first-order valence-corrected chi connectivity index (χ1v) is 9.24. The third-order valence-electron chi connectivity index (χ3n) is 6.17. The number of carboxylic acids is 2. The van der Waals surface area contributed by atoms with Crippen LogP contribution in [0.15, 0.2) is 0 Å². The van der Waals surface area contributed by atoms with E-state index in [0.717, 1.165) is 0 Å². The topological polar surface area (TPSA) is 135 Å². The molecule has 2 rings (SSSR count). The molecule has 0 aliphatic heterocycles. The molecule has 2 fully saturated rings. The summed E-state index contributed by atoms with van der Waals surface area (Å²) in [5.41, 5.74) is 0. The second-order valence-corrected chi connectivity index (χ2v) is 7.66. The molecule has 2 saturated carbocycles. The van der Waals surface area contributed by atoms with Crippen LogP contribution in [0.3, 0.4) is 0 Å². The third kappa shape index (κ3) is 4.54. The van der Waals surface area contributed by atoms with Crippen LogP contribution in [0.4, 0.5) is 0 Å². The van der Waals surface area contributed by atoms with Gasteiger partial charge in [0.25, 0.3) is 0 Å². The van der Waals surface area contributed by atoms with E-state index in [2.05, 4.69) is 0 Å². The van der Waals surface area contributed by atoms with Gasteiger partial charge in [-0.15, -0.1) is 0 Å². The fourth-order valence-electron chi connectivity index (χ4n) is 4.64. The number of carbonyl (C=O) groups is 5. The molecule has 0 aromatic rings. The van der Waals surface area contributed by atoms with E-state index in [9.17, 15) is 34.2 Å². The zero-order chi connectivity index (χ0) is 20.3. The highest BCUT2D eigenvalue weighted by molar-refractivity contribution is 5.89. The van der Waals surface area contributed by atoms with Crippen LogP contribution in [-0.4, -0.2) is 46.8 Å². The summed E-state index contributed by atoms with van der Waals surface area (Å²) in [6, 6.07) is 0. The molecule has 0 radical (unpaired) electrons. The summed E-state index contributed by atoms with van der Waals surface area (Å²) in [6.45, 7) is 1.35. The number of ether oxygens (including phenoxy) is 1. The highest BCUT2D eigenvalue weighted by atomic mass is 16.5. The number of ketones is 2. The molecule has 2 aliphatic rings. The second kappa shape index (κ2) is 8.63. The zero-order valence-electron chi connectivity index (χ0n) is 15.6. The zero-order valence-corrected chi connectivity index (χ0v) is 15.6. The van der Waals surface area contributed by atoms with E-state index >= 15 is 0 Å². The van der Waals surface area contributed by atoms with Crippen molar-refractivity contribution >= 4 is 29.5 Å². The number of rotatable bonds is 6. The lowest BCUT2D eigenvalue weighted by molar-refractivity contribution is -0.160. The second-order valence-electron chi connectivity index (χ2n) is 7.66. The van der Waals surface area contributed by atoms with Gasteiger partial charge in [-0.3, -0.25) is 24.0 Å². The number of esters is 1. The van der Waals surface area contributed by atoms with Crippen LogP contribution < -0.4 is 0 Å². The smallest absolute Gasteiger partial charge is 0.309 e. The maximum Gasteiger partial charge on any atom is 0.309 e. The number of hydrogen-bond donors (Lipinski definition) is 2. The van der Waals surface area contributed by atoms with Gasteiger partial charge in [-0.05, 0) is 45.4 Å². The minimum atomic E-state index is -1.07. The van der Waals surface area contributed by atoms with E-state index in [1.807, 2.05) is 0 Å². The molecule has 150 valence electrons. The van der Waals surface area contributed by atoms with Crippen LogP contribution in [0.2, 0.25) is 0 Å². The Hall–Kier alpha value is -2.25. The lowest BCUT2D eigenvalue weighted by Crippen LogP contribution is -2.42. The molecule has 6 unspecified atom stereocenters. The molecule has 0 heterocycles. The fourth-order valence-corrected chi connectivity index (χ4v) is 4.64. The van der Waals surface area contributed by atoms with Gasteiger partial charge < -0.3 is 14.9 Å². The van der Waals surface area contributed by atoms with Crippen LogP contribution in [-0.2, 0) is 28.7 Å². The molecular formula is C19H26O8. The van der Waals surface area contributed by atoms with Crippen molar-refractivity contribution in [1.82, 2.24) is 0 Å². The molecular weight excluding hydrogens is 356 g/mol. The summed E-state index contributed by atoms with van der Waals surface area (Å²) < 4.78 is 4.71. The number of aliphatic carboxylic acids is 2. The van der Waals surface area contributed by atoms with E-state index in [4.69, 9.17) is 4.74 Å². The summed E-state index contributed by atoms with van der Waals surface area (Å²) in [4.78, 5) is 59.6. The molecule has 2 aliphatic carbocycles. The van der Waals surface area contributed by atoms with Gasteiger partial charge in [0.05, 0.1) is 24.9 Å². The summed E-state index contributed by atoms with van der Waals surface area (Å²) >= 11 is 0. The minimum absolute atomic E-state index is 0.0946. The van der Waals surface area contributed by atoms with Crippen molar-refractivity contribution in [1.29, 1.82) is 0 Å². The lowest BCUT2D eigenvalue weighted by Gasteiger charge is -2.36. The van der Waals surface area contributed by atoms with E-state index in [1.54, 1.807) is 0 Å². The normalized spacial score (nSPS) is 33.7. The van der Waals surface area contributed by atoms with Crippen molar-refractivity contribution in [3.8, 4) is 0 Å². The SMILES string of the molecule is COC(=O)C1CC(C(=O)C2CCC(C(=O)O)C(C(C)=O)C2)CCC1C(=O)O. The highest BCUT2D eigenvalue weighted by Gasteiger charge is 2.45. The first-order chi connectivity index (χ1) is 12.7. The van der Waals surface area contributed by atoms with E-state index < -0.39 is 53.4 Å². The van der Waals surface area contributed by atoms with Crippen molar-refractivity contribution < 1.29 is 38.9 Å². The molecule has 6 atom stereocenters. The number of carboxylic acid groups (broad SMARTS) is 2. The Morgan fingerprint density at radius 2 is 1.19 bits per heavy atom. The maximum absolute atomic E-state index is 13.0. The van der Waals surface area contributed by atoms with Gasteiger partial charge in [-0.25, -0.2) is 0 Å². The average molecular weight is 382 g/mol. The van der Waals surface area contributed by atoms with Gasteiger partial charge in [0, 0.05) is 17.8 Å². The summed E-state index contributed by atoms with van der Waals surface area (Å²) in [5.74, 6) is -7.13. The van der Waals surface area contributed by atoms with E-state index in [1.165, 1.54) is 14.0 Å². The Balaban J connectivity index is 2.11. The molecule has 8 heteroatoms. The Bertz CT molecular complexity index is 640. The van der Waals surface area contributed by atoms with Crippen LogP contribution in [0, 0.1) is 35.5 Å². The quantitative estimate of drug-likeness (QED) is 0.661. The third-order valence-corrected chi connectivity index (χ3v) is 6.17. The van der Waals surface area contributed by atoms with Crippen molar-refractivity contribution in [2.24, 2.45) is 35.5 Å². The minimum Gasteiger partial charge on any atom is -0.481 e. The van der Waals surface area contributed by atoms with E-state index in [0.29, 0.717) is 12.8 Å². The van der Waals surface area contributed by atoms with Crippen molar-refractivity contribution in [2.75, 3.05) is 7.11 Å². The molecule has 0 bridgehead atoms. The van der Waals surface area contributed by atoms with Crippen LogP contribution in [0.25, 0.3) is 0 Å².